The molecule has 1 heterocycles. The highest BCUT2D eigenvalue weighted by molar-refractivity contribution is 7.21. The fraction of sp³-hybridized carbons (Fsp3) is 0.188. The molecular weight excluding hydrogens is 238 g/mol. The summed E-state index contributed by atoms with van der Waals surface area (Å²) in [5.41, 5.74) is 5.22. The van der Waals surface area contributed by atoms with Gasteiger partial charge in [-0.25, -0.2) is 0 Å². The molecule has 1 aromatic heterocycles. The molecule has 0 spiro atoms. The summed E-state index contributed by atoms with van der Waals surface area (Å²) in [7, 11) is 2.14. The highest BCUT2D eigenvalue weighted by atomic mass is 32.1. The lowest BCUT2D eigenvalue weighted by Gasteiger charge is -1.95. The van der Waals surface area contributed by atoms with Crippen LogP contribution in [0.15, 0.2) is 42.5 Å². The van der Waals surface area contributed by atoms with Crippen LogP contribution in [0.1, 0.15) is 11.1 Å². The Balaban J connectivity index is 2.23. The highest BCUT2D eigenvalue weighted by Gasteiger charge is 2.18. The Labute approximate surface area is 111 Å². The molecule has 0 fully saturated rings. The van der Waals surface area contributed by atoms with Crippen LogP contribution in [0.4, 0.5) is 0 Å². The van der Waals surface area contributed by atoms with E-state index in [2.05, 4.69) is 67.9 Å². The number of nitrogens with zero attached hydrogens (tertiary/aromatic N) is 1. The summed E-state index contributed by atoms with van der Waals surface area (Å²) in [6.45, 7) is 4.27. The van der Waals surface area contributed by atoms with Crippen LogP contribution in [0.2, 0.25) is 0 Å². The zero-order chi connectivity index (χ0) is 12.7. The first-order chi connectivity index (χ1) is 8.65. The minimum absolute atomic E-state index is 1.29. The molecule has 0 aliphatic heterocycles. The normalized spacial score (nSPS) is 11.1. The van der Waals surface area contributed by atoms with Crippen molar-refractivity contribution in [3.63, 3.8) is 0 Å². The highest BCUT2D eigenvalue weighted by Crippen LogP contribution is 2.28. The molecule has 3 rings (SSSR count). The van der Waals surface area contributed by atoms with Gasteiger partial charge in [0, 0.05) is 6.07 Å². The van der Waals surface area contributed by atoms with E-state index < -0.39 is 0 Å². The van der Waals surface area contributed by atoms with E-state index in [0.717, 1.165) is 0 Å². The van der Waals surface area contributed by atoms with Crippen LogP contribution in [-0.4, -0.2) is 0 Å². The number of hydrogen-bond donors (Lipinski definition) is 0. The number of hydrogen-bond acceptors (Lipinski definition) is 1. The van der Waals surface area contributed by atoms with Crippen LogP contribution in [0, 0.1) is 13.8 Å². The molecule has 2 heteroatoms. The van der Waals surface area contributed by atoms with Crippen LogP contribution in [0.5, 0.6) is 0 Å². The minimum atomic E-state index is 1.29. The second-order valence-electron chi connectivity index (χ2n) is 4.80. The van der Waals surface area contributed by atoms with Gasteiger partial charge < -0.3 is 0 Å². The van der Waals surface area contributed by atoms with E-state index >= 15 is 0 Å². The average molecular weight is 254 g/mol. The molecule has 0 bridgehead atoms. The largest absolute Gasteiger partial charge is 0.269 e. The van der Waals surface area contributed by atoms with Gasteiger partial charge in [-0.1, -0.05) is 35.1 Å². The SMILES string of the molecule is Cc1ccc(-c2sc3cc(C)ccc3[n+]2C)cc1. The third-order valence-corrected chi connectivity index (χ3v) is 4.54. The van der Waals surface area contributed by atoms with Gasteiger partial charge in [-0.15, -0.1) is 0 Å². The van der Waals surface area contributed by atoms with Crippen LogP contribution < -0.4 is 4.57 Å². The van der Waals surface area contributed by atoms with Crippen molar-refractivity contribution in [1.29, 1.82) is 0 Å². The molecule has 90 valence electrons. The predicted molar refractivity (Wildman–Crippen MR) is 77.9 cm³/mol. The molecule has 18 heavy (non-hydrogen) atoms. The van der Waals surface area contributed by atoms with Gasteiger partial charge in [0.1, 0.15) is 11.7 Å². The number of rotatable bonds is 1. The quantitative estimate of drug-likeness (QED) is 0.578. The zero-order valence-corrected chi connectivity index (χ0v) is 11.7. The standard InChI is InChI=1S/C16H16NS/c1-11-4-7-13(8-5-11)16-17(3)14-9-6-12(2)10-15(14)18-16/h4-10H,1-3H3/q+1. The molecule has 0 aliphatic rings. The van der Waals surface area contributed by atoms with Crippen LogP contribution >= 0.6 is 11.3 Å². The third kappa shape index (κ3) is 1.83. The Hall–Kier alpha value is -1.67. The number of benzene rings is 2. The molecule has 0 amide bonds. The lowest BCUT2D eigenvalue weighted by Crippen LogP contribution is -2.28. The van der Waals surface area contributed by atoms with Gasteiger partial charge in [0.25, 0.3) is 5.01 Å². The van der Waals surface area contributed by atoms with Crippen molar-refractivity contribution >= 4 is 21.6 Å². The van der Waals surface area contributed by atoms with Gasteiger partial charge in [0.15, 0.2) is 0 Å². The molecule has 1 nitrogen and oxygen atoms in total. The maximum atomic E-state index is 2.28. The number of thiazole rings is 1. The fourth-order valence-corrected chi connectivity index (χ4v) is 3.46. The molecule has 2 aromatic carbocycles. The Kier molecular flexibility index (Phi) is 2.67. The van der Waals surface area contributed by atoms with E-state index in [-0.39, 0.29) is 0 Å². The monoisotopic (exact) mass is 254 g/mol. The van der Waals surface area contributed by atoms with Gasteiger partial charge in [0.05, 0.1) is 5.56 Å². The first kappa shape index (κ1) is 11.4. The first-order valence-corrected chi connectivity index (χ1v) is 6.93. The lowest BCUT2D eigenvalue weighted by atomic mass is 10.1. The molecular formula is C16H16NS+. The predicted octanol–water partition coefficient (Wildman–Crippen LogP) is 4.01. The van der Waals surface area contributed by atoms with Crippen molar-refractivity contribution in [2.24, 2.45) is 7.05 Å². The molecule has 0 aliphatic carbocycles. The van der Waals surface area contributed by atoms with Crippen molar-refractivity contribution < 1.29 is 4.57 Å². The summed E-state index contributed by atoms with van der Waals surface area (Å²) >= 11 is 1.86. The molecule has 0 saturated carbocycles. The second-order valence-corrected chi connectivity index (χ2v) is 5.83. The second kappa shape index (κ2) is 4.21. The number of aryl methyl sites for hydroxylation is 3. The summed E-state index contributed by atoms with van der Waals surface area (Å²) in [6.07, 6.45) is 0. The van der Waals surface area contributed by atoms with Gasteiger partial charge in [-0.05, 0) is 37.6 Å². The smallest absolute Gasteiger partial charge is 0.184 e. The van der Waals surface area contributed by atoms with Crippen molar-refractivity contribution in [2.75, 3.05) is 0 Å². The third-order valence-electron chi connectivity index (χ3n) is 3.29. The average Bonchev–Trinajstić information content (AvgIpc) is 2.67. The van der Waals surface area contributed by atoms with E-state index in [1.807, 2.05) is 11.3 Å². The van der Waals surface area contributed by atoms with Gasteiger partial charge in [-0.3, -0.25) is 0 Å². The van der Waals surface area contributed by atoms with Crippen molar-refractivity contribution in [3.8, 4) is 10.6 Å². The molecule has 0 unspecified atom stereocenters. The van der Waals surface area contributed by atoms with Gasteiger partial charge in [0.2, 0.25) is 5.52 Å². The van der Waals surface area contributed by atoms with Crippen molar-refractivity contribution in [1.82, 2.24) is 0 Å². The number of aromatic nitrogens is 1. The van der Waals surface area contributed by atoms with E-state index in [9.17, 15) is 0 Å². The Bertz CT molecular complexity index is 708. The minimum Gasteiger partial charge on any atom is -0.184 e. The van der Waals surface area contributed by atoms with Crippen LogP contribution in [0.25, 0.3) is 20.8 Å². The van der Waals surface area contributed by atoms with Crippen molar-refractivity contribution in [3.05, 3.63) is 53.6 Å². The fourth-order valence-electron chi connectivity index (χ4n) is 2.21. The number of fused-ring (bicyclic) bond motifs is 1. The molecule has 3 aromatic rings. The van der Waals surface area contributed by atoms with E-state index in [0.29, 0.717) is 0 Å². The Morgan fingerprint density at radius 3 is 2.28 bits per heavy atom. The van der Waals surface area contributed by atoms with E-state index in [1.54, 1.807) is 0 Å². The molecule has 0 saturated heterocycles. The lowest BCUT2D eigenvalue weighted by molar-refractivity contribution is -0.629. The van der Waals surface area contributed by atoms with E-state index in [1.165, 1.54) is 31.9 Å². The van der Waals surface area contributed by atoms with Gasteiger partial charge >= 0.3 is 0 Å². The summed E-state index contributed by atoms with van der Waals surface area (Å²) in [5, 5.41) is 1.32. The molecule has 0 atom stereocenters. The summed E-state index contributed by atoms with van der Waals surface area (Å²) < 4.78 is 3.64. The van der Waals surface area contributed by atoms with Crippen molar-refractivity contribution in [2.45, 2.75) is 13.8 Å². The maximum Gasteiger partial charge on any atom is 0.269 e. The summed E-state index contributed by atoms with van der Waals surface area (Å²) in [5.74, 6) is 0. The van der Waals surface area contributed by atoms with E-state index in [4.69, 9.17) is 0 Å². The van der Waals surface area contributed by atoms with Crippen LogP contribution in [-0.2, 0) is 7.05 Å². The first-order valence-electron chi connectivity index (χ1n) is 6.11. The maximum absolute atomic E-state index is 2.28. The van der Waals surface area contributed by atoms with Crippen LogP contribution in [0.3, 0.4) is 0 Å². The zero-order valence-electron chi connectivity index (χ0n) is 10.9. The molecule has 0 radical (unpaired) electrons. The Morgan fingerprint density at radius 1 is 0.889 bits per heavy atom. The summed E-state index contributed by atoms with van der Waals surface area (Å²) in [4.78, 5) is 0. The summed E-state index contributed by atoms with van der Waals surface area (Å²) in [6, 6.07) is 15.4. The Morgan fingerprint density at radius 2 is 1.56 bits per heavy atom. The van der Waals surface area contributed by atoms with Gasteiger partial charge in [-0.2, -0.15) is 4.57 Å². The topological polar surface area (TPSA) is 3.88 Å². The molecule has 0 N–H and O–H groups in total.